The van der Waals surface area contributed by atoms with E-state index in [1.165, 1.54) is 6.92 Å². The zero-order chi connectivity index (χ0) is 13.1. The van der Waals surface area contributed by atoms with Crippen molar-refractivity contribution in [3.8, 4) is 0 Å². The van der Waals surface area contributed by atoms with Crippen LogP contribution in [0.25, 0.3) is 0 Å². The van der Waals surface area contributed by atoms with Crippen LogP contribution < -0.4 is 0 Å². The molecule has 0 saturated carbocycles. The Kier molecular flexibility index (Phi) is 4.11. The van der Waals surface area contributed by atoms with E-state index in [9.17, 15) is 23.1 Å². The van der Waals surface area contributed by atoms with E-state index in [4.69, 9.17) is 0 Å². The fraction of sp³-hybridized carbons (Fsp3) is 0.364. The lowest BCUT2D eigenvalue weighted by Crippen LogP contribution is -2.37. The van der Waals surface area contributed by atoms with Gasteiger partial charge in [0, 0.05) is 0 Å². The highest BCUT2D eigenvalue weighted by atomic mass is 19.3. The molecule has 0 amide bonds. The summed E-state index contributed by atoms with van der Waals surface area (Å²) in [6.07, 6.45) is -2.36. The molecule has 6 heteroatoms. The summed E-state index contributed by atoms with van der Waals surface area (Å²) >= 11 is 0. The van der Waals surface area contributed by atoms with E-state index in [2.05, 4.69) is 4.74 Å². The first-order chi connectivity index (χ1) is 7.89. The lowest BCUT2D eigenvalue weighted by atomic mass is 10.0. The minimum Gasteiger partial charge on any atom is -0.461 e. The first-order valence-corrected chi connectivity index (χ1v) is 4.88. The predicted molar refractivity (Wildman–Crippen MR) is 52.9 cm³/mol. The van der Waals surface area contributed by atoms with Crippen LogP contribution in [-0.2, 0) is 9.53 Å². The van der Waals surface area contributed by atoms with E-state index in [1.807, 2.05) is 0 Å². The van der Waals surface area contributed by atoms with Crippen molar-refractivity contribution in [2.24, 2.45) is 0 Å². The molecule has 0 spiro atoms. The monoisotopic (exact) mass is 248 g/mol. The molecule has 0 bridgehead atoms. The summed E-state index contributed by atoms with van der Waals surface area (Å²) in [5.41, 5.74) is -0.260. The van der Waals surface area contributed by atoms with Gasteiger partial charge in [0.25, 0.3) is 0 Å². The lowest BCUT2D eigenvalue weighted by molar-refractivity contribution is -0.189. The summed E-state index contributed by atoms with van der Waals surface area (Å²) < 4.78 is 43.4. The second kappa shape index (κ2) is 5.18. The molecule has 0 aromatic heterocycles. The van der Waals surface area contributed by atoms with E-state index >= 15 is 0 Å². The molecule has 94 valence electrons. The number of halogens is 3. The molecule has 17 heavy (non-hydrogen) atoms. The maximum absolute atomic E-state index is 13.4. The van der Waals surface area contributed by atoms with Crippen molar-refractivity contribution in [2.75, 3.05) is 6.61 Å². The summed E-state index contributed by atoms with van der Waals surface area (Å²) in [4.78, 5) is 10.9. The average Bonchev–Trinajstić information content (AvgIpc) is 2.29. The molecule has 0 aliphatic rings. The number of hydrogen-bond donors (Lipinski definition) is 1. The Morgan fingerprint density at radius 1 is 1.41 bits per heavy atom. The van der Waals surface area contributed by atoms with Gasteiger partial charge in [0.05, 0.1) is 6.61 Å². The SMILES string of the molecule is CCOC(=O)C(F)(F)C(O)c1ccc(F)cc1. The highest BCUT2D eigenvalue weighted by Gasteiger charge is 2.48. The Balaban J connectivity index is 2.91. The third-order valence-corrected chi connectivity index (χ3v) is 2.08. The van der Waals surface area contributed by atoms with Crippen molar-refractivity contribution in [1.29, 1.82) is 0 Å². The fourth-order valence-electron chi connectivity index (χ4n) is 1.19. The highest BCUT2D eigenvalue weighted by Crippen LogP contribution is 2.32. The van der Waals surface area contributed by atoms with Gasteiger partial charge in [0.2, 0.25) is 0 Å². The van der Waals surface area contributed by atoms with Crippen molar-refractivity contribution in [1.82, 2.24) is 0 Å². The molecule has 1 aromatic rings. The molecule has 3 nitrogen and oxygen atoms in total. The van der Waals surface area contributed by atoms with E-state index in [-0.39, 0.29) is 12.2 Å². The molecular weight excluding hydrogens is 237 g/mol. The number of carbonyl (C=O) groups excluding carboxylic acids is 1. The molecule has 1 unspecified atom stereocenters. The highest BCUT2D eigenvalue weighted by molar-refractivity contribution is 5.78. The summed E-state index contributed by atoms with van der Waals surface area (Å²) in [7, 11) is 0. The summed E-state index contributed by atoms with van der Waals surface area (Å²) in [6.45, 7) is 1.16. The first kappa shape index (κ1) is 13.5. The molecule has 0 aliphatic carbocycles. The zero-order valence-electron chi connectivity index (χ0n) is 8.99. The Hall–Kier alpha value is -1.56. The maximum atomic E-state index is 13.4. The molecule has 0 heterocycles. The minimum absolute atomic E-state index is 0.218. The van der Waals surface area contributed by atoms with Gasteiger partial charge < -0.3 is 9.84 Å². The minimum atomic E-state index is -4.06. The smallest absolute Gasteiger partial charge is 0.380 e. The van der Waals surface area contributed by atoms with Gasteiger partial charge in [-0.05, 0) is 24.6 Å². The van der Waals surface area contributed by atoms with Crippen LogP contribution in [0.4, 0.5) is 13.2 Å². The van der Waals surface area contributed by atoms with Gasteiger partial charge >= 0.3 is 11.9 Å². The molecule has 0 aliphatic heterocycles. The van der Waals surface area contributed by atoms with Gasteiger partial charge in [0.1, 0.15) is 5.82 Å². The molecule has 0 radical (unpaired) electrons. The first-order valence-electron chi connectivity index (χ1n) is 4.88. The number of ether oxygens (including phenoxy) is 1. The molecule has 0 saturated heterocycles. The van der Waals surface area contributed by atoms with Gasteiger partial charge in [-0.2, -0.15) is 8.78 Å². The molecule has 1 N–H and O–H groups in total. The molecule has 0 fully saturated rings. The van der Waals surface area contributed by atoms with Gasteiger partial charge in [-0.3, -0.25) is 0 Å². The number of carbonyl (C=O) groups is 1. The number of aliphatic hydroxyl groups excluding tert-OH is 1. The van der Waals surface area contributed by atoms with Crippen LogP contribution in [0.2, 0.25) is 0 Å². The van der Waals surface area contributed by atoms with Gasteiger partial charge in [-0.1, -0.05) is 12.1 Å². The number of rotatable bonds is 4. The zero-order valence-corrected chi connectivity index (χ0v) is 8.99. The molecule has 1 aromatic carbocycles. The van der Waals surface area contributed by atoms with Crippen molar-refractivity contribution >= 4 is 5.97 Å². The Bertz CT molecular complexity index is 389. The van der Waals surface area contributed by atoms with E-state index in [0.717, 1.165) is 24.3 Å². The topological polar surface area (TPSA) is 46.5 Å². The Morgan fingerprint density at radius 3 is 2.41 bits per heavy atom. The predicted octanol–water partition coefficient (Wildman–Crippen LogP) is 2.06. The third kappa shape index (κ3) is 2.97. The van der Waals surface area contributed by atoms with Gasteiger partial charge in [0.15, 0.2) is 6.10 Å². The average molecular weight is 248 g/mol. The van der Waals surface area contributed by atoms with Crippen LogP contribution in [0.5, 0.6) is 0 Å². The van der Waals surface area contributed by atoms with Crippen LogP contribution in [0.15, 0.2) is 24.3 Å². The number of aliphatic hydroxyl groups is 1. The quantitative estimate of drug-likeness (QED) is 0.829. The van der Waals surface area contributed by atoms with Crippen LogP contribution in [-0.4, -0.2) is 23.6 Å². The molecular formula is C11H11F3O3. The number of benzene rings is 1. The van der Waals surface area contributed by atoms with E-state index in [1.54, 1.807) is 0 Å². The van der Waals surface area contributed by atoms with E-state index in [0.29, 0.717) is 0 Å². The number of alkyl halides is 2. The fourth-order valence-corrected chi connectivity index (χ4v) is 1.19. The van der Waals surface area contributed by atoms with Crippen LogP contribution in [0.1, 0.15) is 18.6 Å². The van der Waals surface area contributed by atoms with Crippen LogP contribution in [0.3, 0.4) is 0 Å². The van der Waals surface area contributed by atoms with Gasteiger partial charge in [-0.25, -0.2) is 9.18 Å². The number of hydrogen-bond acceptors (Lipinski definition) is 3. The van der Waals surface area contributed by atoms with Gasteiger partial charge in [-0.15, -0.1) is 0 Å². The maximum Gasteiger partial charge on any atom is 0.380 e. The molecule has 1 rings (SSSR count). The Morgan fingerprint density at radius 2 is 1.94 bits per heavy atom. The summed E-state index contributed by atoms with van der Waals surface area (Å²) in [6, 6.07) is 3.79. The largest absolute Gasteiger partial charge is 0.461 e. The lowest BCUT2D eigenvalue weighted by Gasteiger charge is -2.20. The Labute approximate surface area is 95.8 Å². The van der Waals surface area contributed by atoms with Crippen molar-refractivity contribution < 1.29 is 27.8 Å². The third-order valence-electron chi connectivity index (χ3n) is 2.08. The number of esters is 1. The van der Waals surface area contributed by atoms with Crippen molar-refractivity contribution in [2.45, 2.75) is 19.0 Å². The van der Waals surface area contributed by atoms with Crippen LogP contribution >= 0.6 is 0 Å². The second-order valence-corrected chi connectivity index (χ2v) is 3.30. The van der Waals surface area contributed by atoms with Crippen molar-refractivity contribution in [3.63, 3.8) is 0 Å². The normalized spacial score (nSPS) is 13.2. The van der Waals surface area contributed by atoms with Crippen molar-refractivity contribution in [3.05, 3.63) is 35.6 Å². The standard InChI is InChI=1S/C11H11F3O3/c1-2-17-10(16)11(13,14)9(15)7-3-5-8(12)6-4-7/h3-6,9,15H,2H2,1H3. The summed E-state index contributed by atoms with van der Waals surface area (Å²) in [5.74, 6) is -6.49. The molecule has 1 atom stereocenters. The second-order valence-electron chi connectivity index (χ2n) is 3.30. The van der Waals surface area contributed by atoms with Crippen LogP contribution in [0, 0.1) is 5.82 Å². The summed E-state index contributed by atoms with van der Waals surface area (Å²) in [5, 5.41) is 9.36. The van der Waals surface area contributed by atoms with E-state index < -0.39 is 23.8 Å².